The highest BCUT2D eigenvalue weighted by molar-refractivity contribution is 5.04. The van der Waals surface area contributed by atoms with E-state index in [1.165, 1.54) is 44.2 Å². The van der Waals surface area contributed by atoms with Crippen LogP contribution in [-0.2, 0) is 13.1 Å². The Morgan fingerprint density at radius 1 is 1.21 bits per heavy atom. The predicted molar refractivity (Wildman–Crippen MR) is 96.8 cm³/mol. The van der Waals surface area contributed by atoms with Crippen LogP contribution in [0.25, 0.3) is 0 Å². The minimum atomic E-state index is 0.299. The number of piperazine rings is 1. The molecule has 3 rings (SSSR count). The Labute approximate surface area is 146 Å². The zero-order valence-corrected chi connectivity index (χ0v) is 15.2. The van der Waals surface area contributed by atoms with E-state index in [1.54, 1.807) is 0 Å². The van der Waals surface area contributed by atoms with Gasteiger partial charge in [-0.25, -0.2) is 0 Å². The molecule has 1 saturated heterocycles. The van der Waals surface area contributed by atoms with Crippen molar-refractivity contribution < 1.29 is 5.11 Å². The first-order valence-electron chi connectivity index (χ1n) is 9.87. The SMILES string of the molecule is CCn1cc(CN2CCN(CC3CCCCC3)C(CCO)C2)cn1. The molecule has 1 atom stereocenters. The van der Waals surface area contributed by atoms with E-state index >= 15 is 0 Å². The highest BCUT2D eigenvalue weighted by Gasteiger charge is 2.29. The molecule has 1 saturated carbocycles. The highest BCUT2D eigenvalue weighted by atomic mass is 16.3. The lowest BCUT2D eigenvalue weighted by Crippen LogP contribution is -2.54. The molecule has 1 aromatic rings. The Kier molecular flexibility index (Phi) is 6.69. The molecule has 0 radical (unpaired) electrons. The summed E-state index contributed by atoms with van der Waals surface area (Å²) in [5.41, 5.74) is 1.31. The minimum Gasteiger partial charge on any atom is -0.396 e. The Balaban J connectivity index is 1.53. The number of aliphatic hydroxyl groups is 1. The van der Waals surface area contributed by atoms with Crippen molar-refractivity contribution in [1.82, 2.24) is 19.6 Å². The van der Waals surface area contributed by atoms with Crippen LogP contribution in [0.3, 0.4) is 0 Å². The van der Waals surface area contributed by atoms with E-state index < -0.39 is 0 Å². The van der Waals surface area contributed by atoms with Gasteiger partial charge in [0.1, 0.15) is 0 Å². The van der Waals surface area contributed by atoms with Gasteiger partial charge in [0.25, 0.3) is 0 Å². The molecule has 136 valence electrons. The zero-order chi connectivity index (χ0) is 16.8. The van der Waals surface area contributed by atoms with Gasteiger partial charge in [-0.1, -0.05) is 19.3 Å². The largest absolute Gasteiger partial charge is 0.396 e. The molecule has 1 aromatic heterocycles. The Morgan fingerprint density at radius 2 is 2.04 bits per heavy atom. The summed E-state index contributed by atoms with van der Waals surface area (Å²) < 4.78 is 2.00. The van der Waals surface area contributed by atoms with E-state index in [-0.39, 0.29) is 0 Å². The van der Waals surface area contributed by atoms with E-state index in [4.69, 9.17) is 0 Å². The Hall–Kier alpha value is -0.910. The van der Waals surface area contributed by atoms with Gasteiger partial charge in [-0.05, 0) is 32.1 Å². The first-order chi connectivity index (χ1) is 11.8. The van der Waals surface area contributed by atoms with Gasteiger partial charge in [-0.2, -0.15) is 5.10 Å². The predicted octanol–water partition coefficient (Wildman–Crippen LogP) is 2.35. The van der Waals surface area contributed by atoms with Crippen molar-refractivity contribution in [3.8, 4) is 0 Å². The lowest BCUT2D eigenvalue weighted by Gasteiger charge is -2.43. The third kappa shape index (κ3) is 4.80. The first-order valence-corrected chi connectivity index (χ1v) is 9.87. The maximum absolute atomic E-state index is 9.49. The average Bonchev–Trinajstić information content (AvgIpc) is 3.06. The van der Waals surface area contributed by atoms with Crippen molar-refractivity contribution in [1.29, 1.82) is 0 Å². The molecule has 0 amide bonds. The van der Waals surface area contributed by atoms with Crippen molar-refractivity contribution in [3.63, 3.8) is 0 Å². The van der Waals surface area contributed by atoms with E-state index in [0.717, 1.165) is 45.1 Å². The third-order valence-corrected chi connectivity index (χ3v) is 5.79. The van der Waals surface area contributed by atoms with Crippen LogP contribution in [-0.4, -0.2) is 63.5 Å². The lowest BCUT2D eigenvalue weighted by atomic mass is 9.88. The quantitative estimate of drug-likeness (QED) is 0.831. The van der Waals surface area contributed by atoms with Gasteiger partial charge in [0, 0.05) is 63.7 Å². The molecule has 2 fully saturated rings. The maximum Gasteiger partial charge on any atom is 0.0534 e. The molecule has 1 aliphatic heterocycles. The number of hydrogen-bond donors (Lipinski definition) is 1. The summed E-state index contributed by atoms with van der Waals surface area (Å²) in [6.07, 6.45) is 12.1. The summed E-state index contributed by atoms with van der Waals surface area (Å²) in [6, 6.07) is 0.506. The monoisotopic (exact) mass is 334 g/mol. The van der Waals surface area contributed by atoms with Crippen molar-refractivity contribution in [2.24, 2.45) is 5.92 Å². The summed E-state index contributed by atoms with van der Waals surface area (Å²) in [6.45, 7) is 8.93. The third-order valence-electron chi connectivity index (χ3n) is 5.79. The Bertz CT molecular complexity index is 483. The normalized spacial score (nSPS) is 24.5. The van der Waals surface area contributed by atoms with Gasteiger partial charge in [0.15, 0.2) is 0 Å². The van der Waals surface area contributed by atoms with Gasteiger partial charge in [0.2, 0.25) is 0 Å². The highest BCUT2D eigenvalue weighted by Crippen LogP contribution is 2.26. The molecule has 1 unspecified atom stereocenters. The number of aliphatic hydroxyl groups excluding tert-OH is 1. The van der Waals surface area contributed by atoms with Crippen molar-refractivity contribution in [3.05, 3.63) is 18.0 Å². The average molecular weight is 335 g/mol. The van der Waals surface area contributed by atoms with Crippen LogP contribution in [0, 0.1) is 5.92 Å². The van der Waals surface area contributed by atoms with Crippen molar-refractivity contribution in [2.45, 2.75) is 64.6 Å². The fraction of sp³-hybridized carbons (Fsp3) is 0.842. The smallest absolute Gasteiger partial charge is 0.0534 e. The molecular formula is C19H34N4O. The lowest BCUT2D eigenvalue weighted by molar-refractivity contribution is 0.0400. The summed E-state index contributed by atoms with van der Waals surface area (Å²) in [4.78, 5) is 5.20. The van der Waals surface area contributed by atoms with E-state index in [1.807, 2.05) is 10.9 Å². The second kappa shape index (κ2) is 8.97. The summed E-state index contributed by atoms with van der Waals surface area (Å²) >= 11 is 0. The molecule has 24 heavy (non-hydrogen) atoms. The van der Waals surface area contributed by atoms with Crippen LogP contribution in [0.4, 0.5) is 0 Å². The molecular weight excluding hydrogens is 300 g/mol. The number of rotatable bonds is 7. The molecule has 5 heteroatoms. The van der Waals surface area contributed by atoms with Crippen LogP contribution < -0.4 is 0 Å². The van der Waals surface area contributed by atoms with Gasteiger partial charge >= 0.3 is 0 Å². The van der Waals surface area contributed by atoms with Crippen LogP contribution in [0.2, 0.25) is 0 Å². The molecule has 2 aliphatic rings. The molecule has 0 aromatic carbocycles. The first kappa shape index (κ1) is 17.9. The second-order valence-corrected chi connectivity index (χ2v) is 7.60. The van der Waals surface area contributed by atoms with Gasteiger partial charge in [-0.3, -0.25) is 14.5 Å². The zero-order valence-electron chi connectivity index (χ0n) is 15.2. The van der Waals surface area contributed by atoms with Crippen LogP contribution in [0.15, 0.2) is 12.4 Å². The molecule has 0 bridgehead atoms. The van der Waals surface area contributed by atoms with E-state index in [9.17, 15) is 5.11 Å². The minimum absolute atomic E-state index is 0.299. The number of hydrogen-bond acceptors (Lipinski definition) is 4. The van der Waals surface area contributed by atoms with E-state index in [2.05, 4.69) is 28.0 Å². The van der Waals surface area contributed by atoms with E-state index in [0.29, 0.717) is 12.6 Å². The second-order valence-electron chi connectivity index (χ2n) is 7.60. The standard InChI is InChI=1S/C19H34N4O/c1-2-23-15-18(12-20-23)13-21-9-10-22(19(16-21)8-11-24)14-17-6-4-3-5-7-17/h12,15,17,19,24H,2-11,13-14,16H2,1H3. The maximum atomic E-state index is 9.49. The number of nitrogens with zero attached hydrogens (tertiary/aromatic N) is 4. The summed E-state index contributed by atoms with van der Waals surface area (Å²) in [5.74, 6) is 0.884. The molecule has 0 spiro atoms. The fourth-order valence-electron chi connectivity index (χ4n) is 4.38. The molecule has 2 heterocycles. The topological polar surface area (TPSA) is 44.5 Å². The summed E-state index contributed by atoms with van der Waals surface area (Å²) in [5, 5.41) is 13.9. The van der Waals surface area contributed by atoms with Gasteiger partial charge in [0.05, 0.1) is 6.20 Å². The Morgan fingerprint density at radius 3 is 2.75 bits per heavy atom. The van der Waals surface area contributed by atoms with Crippen LogP contribution in [0.5, 0.6) is 0 Å². The molecule has 1 aliphatic carbocycles. The van der Waals surface area contributed by atoms with Gasteiger partial charge in [-0.15, -0.1) is 0 Å². The number of aryl methyl sites for hydroxylation is 1. The number of aromatic nitrogens is 2. The van der Waals surface area contributed by atoms with Crippen molar-refractivity contribution >= 4 is 0 Å². The van der Waals surface area contributed by atoms with Gasteiger partial charge < -0.3 is 5.11 Å². The summed E-state index contributed by atoms with van der Waals surface area (Å²) in [7, 11) is 0. The fourth-order valence-corrected chi connectivity index (χ4v) is 4.38. The molecule has 1 N–H and O–H groups in total. The van der Waals surface area contributed by atoms with Crippen molar-refractivity contribution in [2.75, 3.05) is 32.8 Å². The van der Waals surface area contributed by atoms with Crippen LogP contribution >= 0.6 is 0 Å². The molecule has 5 nitrogen and oxygen atoms in total. The van der Waals surface area contributed by atoms with Crippen LogP contribution in [0.1, 0.15) is 51.0 Å².